The minimum atomic E-state index is -0.433. The van der Waals surface area contributed by atoms with Gasteiger partial charge in [0.25, 0.3) is 5.56 Å². The summed E-state index contributed by atoms with van der Waals surface area (Å²) < 4.78 is 3.39. The average Bonchev–Trinajstić information content (AvgIpc) is 3.06. The van der Waals surface area contributed by atoms with Gasteiger partial charge in [0, 0.05) is 22.5 Å². The smallest absolute Gasteiger partial charge is 0.281 e. The van der Waals surface area contributed by atoms with Crippen molar-refractivity contribution in [2.24, 2.45) is 0 Å². The molecule has 4 rings (SSSR count). The minimum Gasteiger partial charge on any atom is -0.335 e. The SMILES string of the molecule is CCc1ccccc1NC(=O)C(CC)n1c(C)c2cnn(-c3ccccc3)c(=O)c2c1C. The molecule has 1 N–H and O–H groups in total. The highest BCUT2D eigenvalue weighted by Crippen LogP contribution is 2.29. The third-order valence-corrected chi connectivity index (χ3v) is 6.11. The fraction of sp³-hybridized carbons (Fsp3) is 0.269. The predicted octanol–water partition coefficient (Wildman–Crippen LogP) is 4.96. The molecule has 2 aromatic carbocycles. The first-order valence-electron chi connectivity index (χ1n) is 11.0. The van der Waals surface area contributed by atoms with E-state index in [9.17, 15) is 9.59 Å². The van der Waals surface area contributed by atoms with Gasteiger partial charge in [0.05, 0.1) is 17.3 Å². The number of amides is 1. The van der Waals surface area contributed by atoms with Crippen molar-refractivity contribution in [3.63, 3.8) is 0 Å². The monoisotopic (exact) mass is 428 g/mol. The number of nitrogens with one attached hydrogen (secondary N) is 1. The standard InChI is InChI=1S/C26H28N4O2/c1-5-19-12-10-11-15-22(19)28-25(31)23(6-2)29-17(3)21-16-27-30(20-13-8-7-9-14-20)26(32)24(21)18(29)4/h7-16,23H,5-6H2,1-4H3,(H,28,31). The van der Waals surface area contributed by atoms with E-state index in [4.69, 9.17) is 0 Å². The van der Waals surface area contributed by atoms with Crippen molar-refractivity contribution in [1.82, 2.24) is 14.3 Å². The molecule has 6 nitrogen and oxygen atoms in total. The quantitative estimate of drug-likeness (QED) is 0.472. The van der Waals surface area contributed by atoms with Gasteiger partial charge < -0.3 is 9.88 Å². The summed E-state index contributed by atoms with van der Waals surface area (Å²) in [5.41, 5.74) is 4.11. The van der Waals surface area contributed by atoms with Gasteiger partial charge in [-0.3, -0.25) is 9.59 Å². The van der Waals surface area contributed by atoms with Crippen LogP contribution in [0.5, 0.6) is 0 Å². The highest BCUT2D eigenvalue weighted by Gasteiger charge is 2.26. The minimum absolute atomic E-state index is 0.0868. The highest BCUT2D eigenvalue weighted by atomic mass is 16.2. The second-order valence-corrected chi connectivity index (χ2v) is 7.95. The molecule has 6 heteroatoms. The predicted molar refractivity (Wildman–Crippen MR) is 129 cm³/mol. The van der Waals surface area contributed by atoms with E-state index < -0.39 is 6.04 Å². The molecule has 164 valence electrons. The molecule has 1 amide bonds. The number of benzene rings is 2. The number of aromatic nitrogens is 3. The Bertz CT molecular complexity index is 1340. The summed E-state index contributed by atoms with van der Waals surface area (Å²) in [6.07, 6.45) is 3.16. The molecule has 2 aromatic heterocycles. The Morgan fingerprint density at radius 3 is 2.38 bits per heavy atom. The van der Waals surface area contributed by atoms with Crippen molar-refractivity contribution in [2.75, 3.05) is 5.32 Å². The van der Waals surface area contributed by atoms with E-state index in [-0.39, 0.29) is 11.5 Å². The molecule has 1 unspecified atom stereocenters. The first-order chi connectivity index (χ1) is 15.5. The van der Waals surface area contributed by atoms with Crippen LogP contribution in [-0.2, 0) is 11.2 Å². The zero-order chi connectivity index (χ0) is 22.8. The average molecular weight is 429 g/mol. The Labute approximate surface area is 187 Å². The van der Waals surface area contributed by atoms with Crippen molar-refractivity contribution in [3.8, 4) is 5.69 Å². The number of anilines is 1. The lowest BCUT2D eigenvalue weighted by atomic mass is 10.1. The van der Waals surface area contributed by atoms with Crippen LogP contribution < -0.4 is 10.9 Å². The number of fused-ring (bicyclic) bond motifs is 1. The summed E-state index contributed by atoms with van der Waals surface area (Å²) in [5, 5.41) is 8.88. The molecule has 4 aromatic rings. The van der Waals surface area contributed by atoms with Crippen molar-refractivity contribution >= 4 is 22.4 Å². The normalized spacial score (nSPS) is 12.1. The van der Waals surface area contributed by atoms with E-state index in [1.807, 2.05) is 79.9 Å². The molecule has 32 heavy (non-hydrogen) atoms. The Morgan fingerprint density at radius 2 is 1.69 bits per heavy atom. The van der Waals surface area contributed by atoms with Crippen molar-refractivity contribution in [3.05, 3.63) is 88.1 Å². The number of hydrogen-bond donors (Lipinski definition) is 1. The van der Waals surface area contributed by atoms with Gasteiger partial charge in [0.1, 0.15) is 6.04 Å². The molecule has 0 aliphatic heterocycles. The maximum atomic E-state index is 13.4. The van der Waals surface area contributed by atoms with E-state index in [0.717, 1.165) is 34.4 Å². The number of para-hydroxylation sites is 2. The van der Waals surface area contributed by atoms with E-state index >= 15 is 0 Å². The van der Waals surface area contributed by atoms with Crippen LogP contribution >= 0.6 is 0 Å². The summed E-state index contributed by atoms with van der Waals surface area (Å²) in [6.45, 7) is 7.90. The first kappa shape index (κ1) is 21.6. The van der Waals surface area contributed by atoms with Gasteiger partial charge in [0.2, 0.25) is 5.91 Å². The summed E-state index contributed by atoms with van der Waals surface area (Å²) in [5.74, 6) is -0.0868. The van der Waals surface area contributed by atoms with Crippen LogP contribution in [0.15, 0.2) is 65.6 Å². The van der Waals surface area contributed by atoms with Crippen LogP contribution in [0.4, 0.5) is 5.69 Å². The van der Waals surface area contributed by atoms with E-state index in [1.54, 1.807) is 6.20 Å². The second-order valence-electron chi connectivity index (χ2n) is 7.95. The Balaban J connectivity index is 1.80. The van der Waals surface area contributed by atoms with Gasteiger partial charge in [-0.25, -0.2) is 0 Å². The van der Waals surface area contributed by atoms with Crippen LogP contribution in [-0.4, -0.2) is 20.3 Å². The summed E-state index contributed by atoms with van der Waals surface area (Å²) >= 11 is 0. The fourth-order valence-corrected chi connectivity index (χ4v) is 4.45. The third kappa shape index (κ3) is 3.62. The zero-order valence-corrected chi connectivity index (χ0v) is 18.9. The van der Waals surface area contributed by atoms with Crippen LogP contribution in [0, 0.1) is 13.8 Å². The van der Waals surface area contributed by atoms with Crippen molar-refractivity contribution in [1.29, 1.82) is 0 Å². The number of carbonyl (C=O) groups excluding carboxylic acids is 1. The second kappa shape index (κ2) is 8.83. The Hall–Kier alpha value is -3.67. The van der Waals surface area contributed by atoms with Gasteiger partial charge in [-0.1, -0.05) is 50.2 Å². The lowest BCUT2D eigenvalue weighted by molar-refractivity contribution is -0.119. The van der Waals surface area contributed by atoms with Crippen LogP contribution in [0.2, 0.25) is 0 Å². The molecule has 0 saturated carbocycles. The zero-order valence-electron chi connectivity index (χ0n) is 18.9. The van der Waals surface area contributed by atoms with Crippen molar-refractivity contribution in [2.45, 2.75) is 46.6 Å². The maximum Gasteiger partial charge on any atom is 0.281 e. The van der Waals surface area contributed by atoms with E-state index in [2.05, 4.69) is 17.3 Å². The lowest BCUT2D eigenvalue weighted by Crippen LogP contribution is -2.27. The Morgan fingerprint density at radius 1 is 1.00 bits per heavy atom. The van der Waals surface area contributed by atoms with Gasteiger partial charge in [-0.15, -0.1) is 0 Å². The summed E-state index contributed by atoms with van der Waals surface area (Å²) in [4.78, 5) is 26.7. The number of rotatable bonds is 6. The molecule has 1 atom stereocenters. The van der Waals surface area contributed by atoms with E-state index in [1.165, 1.54) is 4.68 Å². The van der Waals surface area contributed by atoms with Gasteiger partial charge >= 0.3 is 0 Å². The van der Waals surface area contributed by atoms with E-state index in [0.29, 0.717) is 17.5 Å². The van der Waals surface area contributed by atoms with Crippen LogP contribution in [0.3, 0.4) is 0 Å². The molecule has 0 radical (unpaired) electrons. The molecular weight excluding hydrogens is 400 g/mol. The summed E-state index contributed by atoms with van der Waals surface area (Å²) in [7, 11) is 0. The lowest BCUT2D eigenvalue weighted by Gasteiger charge is -2.21. The third-order valence-electron chi connectivity index (χ3n) is 6.11. The molecule has 0 saturated heterocycles. The molecule has 0 aliphatic carbocycles. The molecule has 0 spiro atoms. The van der Waals surface area contributed by atoms with Crippen molar-refractivity contribution < 1.29 is 4.79 Å². The van der Waals surface area contributed by atoms with Crippen LogP contribution in [0.25, 0.3) is 16.5 Å². The number of aryl methyl sites for hydroxylation is 3. The number of carbonyl (C=O) groups is 1. The highest BCUT2D eigenvalue weighted by molar-refractivity contribution is 5.96. The van der Waals surface area contributed by atoms with Gasteiger partial charge in [-0.2, -0.15) is 9.78 Å². The molecular formula is C26H28N4O2. The molecule has 0 aliphatic rings. The molecule has 0 fully saturated rings. The molecule has 2 heterocycles. The first-order valence-corrected chi connectivity index (χ1v) is 11.0. The maximum absolute atomic E-state index is 13.4. The van der Waals surface area contributed by atoms with Gasteiger partial charge in [0.15, 0.2) is 0 Å². The Kier molecular flexibility index (Phi) is 5.95. The van der Waals surface area contributed by atoms with Gasteiger partial charge in [-0.05, 0) is 50.5 Å². The largest absolute Gasteiger partial charge is 0.335 e. The summed E-state index contributed by atoms with van der Waals surface area (Å²) in [6, 6.07) is 16.8. The molecule has 0 bridgehead atoms. The topological polar surface area (TPSA) is 68.9 Å². The fourth-order valence-electron chi connectivity index (χ4n) is 4.45. The van der Waals surface area contributed by atoms with Crippen LogP contribution in [0.1, 0.15) is 43.3 Å². The number of hydrogen-bond acceptors (Lipinski definition) is 3. The number of nitrogens with zero attached hydrogens (tertiary/aromatic N) is 3.